The molecule has 10 heteroatoms. The molecule has 10 nitrogen and oxygen atoms in total. The fourth-order valence-corrected chi connectivity index (χ4v) is 5.53. The van der Waals surface area contributed by atoms with Gasteiger partial charge >= 0.3 is 0 Å². The molecule has 2 atom stereocenters. The minimum absolute atomic E-state index is 0.0550. The Kier molecular flexibility index (Phi) is 11.1. The Balaban J connectivity index is 0.000000403. The smallest absolute Gasteiger partial charge is 0.245 e. The van der Waals surface area contributed by atoms with E-state index in [1.54, 1.807) is 36.1 Å². The highest BCUT2D eigenvalue weighted by molar-refractivity contribution is 5.91. The molecule has 43 heavy (non-hydrogen) atoms. The fraction of sp³-hybridized carbons (Fsp3) is 0.364. The molecule has 3 amide bonds. The van der Waals surface area contributed by atoms with Crippen molar-refractivity contribution in [3.63, 3.8) is 0 Å². The van der Waals surface area contributed by atoms with E-state index in [0.29, 0.717) is 30.9 Å². The summed E-state index contributed by atoms with van der Waals surface area (Å²) in [5.41, 5.74) is 3.29. The lowest BCUT2D eigenvalue weighted by Crippen LogP contribution is -2.74. The number of piperazine rings is 1. The Morgan fingerprint density at radius 3 is 2.14 bits per heavy atom. The molecule has 0 saturated carbocycles. The van der Waals surface area contributed by atoms with E-state index in [1.807, 2.05) is 73.8 Å². The molecule has 2 heterocycles. The van der Waals surface area contributed by atoms with Crippen LogP contribution < -0.4 is 14.8 Å². The van der Waals surface area contributed by atoms with Gasteiger partial charge in [-0.05, 0) is 42.3 Å². The first kappa shape index (κ1) is 31.5. The molecule has 3 aromatic rings. The van der Waals surface area contributed by atoms with Crippen LogP contribution in [-0.4, -0.2) is 98.2 Å². The summed E-state index contributed by atoms with van der Waals surface area (Å²) in [4.78, 5) is 41.9. The minimum Gasteiger partial charge on any atom is -0.493 e. The molecule has 228 valence electrons. The molecule has 0 bridgehead atoms. The average molecular weight is 588 g/mol. The van der Waals surface area contributed by atoms with Gasteiger partial charge in [-0.25, -0.2) is 5.01 Å². The van der Waals surface area contributed by atoms with Gasteiger partial charge in [0.2, 0.25) is 18.2 Å². The number of amides is 3. The normalized spacial score (nSPS) is 18.5. The maximum absolute atomic E-state index is 13.6. The number of carbonyl (C=O) groups excluding carboxylic acids is 3. The topological polar surface area (TPSA) is 94.7 Å². The number of likely N-dealkylation sites (N-methyl/N-ethyl adjacent to an activating group) is 1. The van der Waals surface area contributed by atoms with Crippen molar-refractivity contribution in [2.24, 2.45) is 0 Å². The van der Waals surface area contributed by atoms with Crippen LogP contribution in [0.3, 0.4) is 0 Å². The van der Waals surface area contributed by atoms with E-state index in [4.69, 9.17) is 9.47 Å². The van der Waals surface area contributed by atoms with Crippen LogP contribution >= 0.6 is 0 Å². The molecule has 2 fully saturated rings. The standard InChI is InChI=1S/C25H30N4O5.C8H11N/c1-26-16-24(31)29-20(13-18-7-5-4-6-8-18)25(32)27(15-23(29)28(26)17-30)12-11-19-9-10-21(33-2)22(14-19)34-3;1-9-7-8-5-3-2-4-6-8/h4-10,14,17,20,23H,11-13,15-16H2,1-3H3;2-6,9H,7H2,1H3/t20-,23?;/m0./s1. The van der Waals surface area contributed by atoms with E-state index >= 15 is 0 Å². The maximum atomic E-state index is 13.6. The number of hydrogen-bond donors (Lipinski definition) is 1. The Labute approximate surface area is 253 Å². The second-order valence-electron chi connectivity index (χ2n) is 10.5. The minimum atomic E-state index is -0.671. The Morgan fingerprint density at radius 2 is 1.53 bits per heavy atom. The van der Waals surface area contributed by atoms with Crippen LogP contribution in [0.4, 0.5) is 0 Å². The van der Waals surface area contributed by atoms with E-state index in [1.165, 1.54) is 10.6 Å². The summed E-state index contributed by atoms with van der Waals surface area (Å²) in [5, 5.41) is 6.20. The lowest BCUT2D eigenvalue weighted by atomic mass is 9.98. The molecule has 3 aromatic carbocycles. The lowest BCUT2D eigenvalue weighted by Gasteiger charge is -2.53. The van der Waals surface area contributed by atoms with Crippen molar-refractivity contribution in [1.82, 2.24) is 25.1 Å². The van der Waals surface area contributed by atoms with Crippen molar-refractivity contribution < 1.29 is 23.9 Å². The highest BCUT2D eigenvalue weighted by atomic mass is 16.5. The summed E-state index contributed by atoms with van der Waals surface area (Å²) < 4.78 is 10.7. The third kappa shape index (κ3) is 7.71. The zero-order valence-corrected chi connectivity index (χ0v) is 25.3. The third-order valence-corrected chi connectivity index (χ3v) is 7.71. The summed E-state index contributed by atoms with van der Waals surface area (Å²) in [6.07, 6.45) is 1.18. The molecule has 2 aliphatic heterocycles. The summed E-state index contributed by atoms with van der Waals surface area (Å²) in [6, 6.07) is 25.0. The first-order valence-electron chi connectivity index (χ1n) is 14.4. The van der Waals surface area contributed by atoms with E-state index in [2.05, 4.69) is 17.4 Å². The van der Waals surface area contributed by atoms with Crippen molar-refractivity contribution in [1.29, 1.82) is 0 Å². The monoisotopic (exact) mass is 587 g/mol. The molecule has 2 saturated heterocycles. The van der Waals surface area contributed by atoms with E-state index in [-0.39, 0.29) is 24.9 Å². The molecule has 0 aromatic heterocycles. The maximum Gasteiger partial charge on any atom is 0.245 e. The number of methoxy groups -OCH3 is 2. The molecule has 0 radical (unpaired) electrons. The molecule has 1 N–H and O–H groups in total. The van der Waals surface area contributed by atoms with Gasteiger partial charge in [0, 0.05) is 26.6 Å². The van der Waals surface area contributed by atoms with Crippen molar-refractivity contribution in [3.05, 3.63) is 95.6 Å². The first-order chi connectivity index (χ1) is 20.9. The first-order valence-corrected chi connectivity index (χ1v) is 14.4. The van der Waals surface area contributed by atoms with Gasteiger partial charge in [-0.1, -0.05) is 66.7 Å². The molecular formula is C33H41N5O5. The van der Waals surface area contributed by atoms with Gasteiger partial charge in [-0.15, -0.1) is 0 Å². The molecule has 0 spiro atoms. The number of benzene rings is 3. The van der Waals surface area contributed by atoms with E-state index < -0.39 is 12.2 Å². The van der Waals surface area contributed by atoms with Gasteiger partial charge in [-0.2, -0.15) is 0 Å². The molecular weight excluding hydrogens is 546 g/mol. The highest BCUT2D eigenvalue weighted by Gasteiger charge is 2.48. The number of carbonyl (C=O) groups is 3. The number of nitrogens with one attached hydrogen (secondary N) is 1. The number of hydrogen-bond acceptors (Lipinski definition) is 7. The van der Waals surface area contributed by atoms with Gasteiger partial charge in [-0.3, -0.25) is 19.4 Å². The Hall–Kier alpha value is -4.41. The SMILES string of the molecule is CNCc1ccccc1.COc1ccc(CCN2CC3N(C(=O)CN(C)N3C=O)[C@@H](Cc3ccccc3)C2=O)cc1OC. The predicted octanol–water partition coefficient (Wildman–Crippen LogP) is 2.58. The van der Waals surface area contributed by atoms with Gasteiger partial charge in [0.25, 0.3) is 0 Å². The van der Waals surface area contributed by atoms with Gasteiger partial charge in [0.05, 0.1) is 27.3 Å². The fourth-order valence-electron chi connectivity index (χ4n) is 5.53. The van der Waals surface area contributed by atoms with E-state index in [9.17, 15) is 14.4 Å². The van der Waals surface area contributed by atoms with Crippen LogP contribution in [0, 0.1) is 0 Å². The van der Waals surface area contributed by atoms with Crippen molar-refractivity contribution in [2.45, 2.75) is 31.6 Å². The summed E-state index contributed by atoms with van der Waals surface area (Å²) in [6.45, 7) is 1.72. The molecule has 1 unspecified atom stereocenters. The zero-order valence-electron chi connectivity index (χ0n) is 25.3. The third-order valence-electron chi connectivity index (χ3n) is 7.71. The lowest BCUT2D eigenvalue weighted by molar-refractivity contribution is -0.196. The largest absolute Gasteiger partial charge is 0.493 e. The second kappa shape index (κ2) is 15.2. The molecule has 2 aliphatic rings. The summed E-state index contributed by atoms with van der Waals surface area (Å²) in [7, 11) is 6.83. The number of ether oxygens (including phenoxy) is 2. The summed E-state index contributed by atoms with van der Waals surface area (Å²) >= 11 is 0. The van der Waals surface area contributed by atoms with Crippen molar-refractivity contribution >= 4 is 18.2 Å². The molecule has 5 rings (SSSR count). The van der Waals surface area contributed by atoms with Gasteiger partial charge in [0.15, 0.2) is 11.5 Å². The highest BCUT2D eigenvalue weighted by Crippen LogP contribution is 2.29. The van der Waals surface area contributed by atoms with Crippen LogP contribution in [0.25, 0.3) is 0 Å². The number of rotatable bonds is 10. The number of fused-ring (bicyclic) bond motifs is 1. The van der Waals surface area contributed by atoms with Crippen molar-refractivity contribution in [3.8, 4) is 11.5 Å². The van der Waals surface area contributed by atoms with Crippen LogP contribution in [0.1, 0.15) is 16.7 Å². The van der Waals surface area contributed by atoms with Crippen LogP contribution in [0.5, 0.6) is 11.5 Å². The zero-order chi connectivity index (χ0) is 30.8. The number of nitrogens with zero attached hydrogens (tertiary/aromatic N) is 4. The Morgan fingerprint density at radius 1 is 0.884 bits per heavy atom. The second-order valence-corrected chi connectivity index (χ2v) is 10.5. The quantitative estimate of drug-likeness (QED) is 0.365. The summed E-state index contributed by atoms with van der Waals surface area (Å²) in [5.74, 6) is 1.01. The van der Waals surface area contributed by atoms with Crippen LogP contribution in [0.2, 0.25) is 0 Å². The average Bonchev–Trinajstić information content (AvgIpc) is 3.03. The van der Waals surface area contributed by atoms with Crippen molar-refractivity contribution in [2.75, 3.05) is 47.9 Å². The van der Waals surface area contributed by atoms with Crippen LogP contribution in [0.15, 0.2) is 78.9 Å². The number of hydrazine groups is 1. The Bertz CT molecular complexity index is 1360. The predicted molar refractivity (Wildman–Crippen MR) is 164 cm³/mol. The van der Waals surface area contributed by atoms with Gasteiger partial charge in [0.1, 0.15) is 12.2 Å². The molecule has 0 aliphatic carbocycles. The van der Waals surface area contributed by atoms with Crippen LogP contribution in [-0.2, 0) is 33.8 Å². The van der Waals surface area contributed by atoms with E-state index in [0.717, 1.165) is 24.1 Å². The van der Waals surface area contributed by atoms with Gasteiger partial charge < -0.3 is 24.6 Å².